The molecule has 0 fully saturated rings. The molecule has 0 rings (SSSR count). The zero-order valence-electron chi connectivity index (χ0n) is 4.91. The van der Waals surface area contributed by atoms with E-state index in [1.807, 2.05) is 0 Å². The van der Waals surface area contributed by atoms with E-state index in [1.54, 1.807) is 0 Å². The first-order valence-corrected chi connectivity index (χ1v) is 2.20. The maximum absolute atomic E-state index is 9.69. The van der Waals surface area contributed by atoms with Crippen LogP contribution in [0.15, 0.2) is 0 Å². The van der Waals surface area contributed by atoms with Gasteiger partial charge in [-0.25, -0.2) is 0 Å². The molecule has 0 amide bonds. The summed E-state index contributed by atoms with van der Waals surface area (Å²) >= 11 is 0. The van der Waals surface area contributed by atoms with Crippen LogP contribution >= 0.6 is 0 Å². The Morgan fingerprint density at radius 2 is 1.40 bits per heavy atom. The molecule has 0 aliphatic heterocycles. The van der Waals surface area contributed by atoms with Gasteiger partial charge in [-0.2, -0.15) is 0 Å². The fourth-order valence-corrected chi connectivity index (χ4v) is 0.247. The first-order chi connectivity index (χ1) is 4.13. The number of carboxylic acids is 2. The summed E-state index contributed by atoms with van der Waals surface area (Å²) in [6, 6.07) is 0. The second-order valence-electron chi connectivity index (χ2n) is 1.33. The summed E-state index contributed by atoms with van der Waals surface area (Å²) in [5.74, 6) is -2.23. The Bertz CT molecular complexity index is 112. The molecule has 0 saturated heterocycles. The van der Waals surface area contributed by atoms with E-state index in [2.05, 4.69) is 5.32 Å². The van der Waals surface area contributed by atoms with Crippen LogP contribution in [0.1, 0.15) is 0 Å². The molecule has 1 radical (unpaired) electrons. The van der Waals surface area contributed by atoms with Gasteiger partial charge in [-0.1, -0.05) is 0 Å². The molecule has 0 aromatic heterocycles. The van der Waals surface area contributed by atoms with Crippen LogP contribution in [0, 0.1) is 0 Å². The van der Waals surface area contributed by atoms with Crippen LogP contribution in [0.4, 0.5) is 0 Å². The Kier molecular flexibility index (Phi) is 7.91. The van der Waals surface area contributed by atoms with E-state index in [9.17, 15) is 9.59 Å². The van der Waals surface area contributed by atoms with Gasteiger partial charge in [0, 0.05) is 16.8 Å². The van der Waals surface area contributed by atoms with Crippen LogP contribution in [0.5, 0.6) is 0 Å². The second-order valence-corrected chi connectivity index (χ2v) is 1.33. The van der Waals surface area contributed by atoms with Crippen molar-refractivity contribution < 1.29 is 36.6 Å². The normalized spacial score (nSPS) is 8.00. The van der Waals surface area contributed by atoms with Gasteiger partial charge >= 0.3 is 0 Å². The number of hydrogen-bond acceptors (Lipinski definition) is 2. The number of hydrogen-bond donors (Lipinski definition) is 2. The summed E-state index contributed by atoms with van der Waals surface area (Å²) in [4.78, 5) is 19.4. The van der Waals surface area contributed by atoms with Crippen molar-refractivity contribution >= 4 is 11.9 Å². The molecule has 0 atom stereocenters. The fourth-order valence-electron chi connectivity index (χ4n) is 0.247. The van der Waals surface area contributed by atoms with Gasteiger partial charge in [-0.15, -0.1) is 0 Å². The molecule has 5 nitrogen and oxygen atoms in total. The Hall–Kier alpha value is -0.594. The molecular weight excluding hydrogens is 185 g/mol. The molecule has 6 heteroatoms. The largest absolute Gasteiger partial charge is 0.644 e. The van der Waals surface area contributed by atoms with Gasteiger partial charge in [0.25, 0.3) is 11.9 Å². The Morgan fingerprint density at radius 1 is 1.10 bits per heavy atom. The fraction of sp³-hybridized carbons (Fsp3) is 0.500. The number of rotatable bonds is 4. The zero-order chi connectivity index (χ0) is 7.28. The summed E-state index contributed by atoms with van der Waals surface area (Å²) in [7, 11) is 0. The van der Waals surface area contributed by atoms with Crippen LogP contribution in [0.25, 0.3) is 5.32 Å². The van der Waals surface area contributed by atoms with Crippen molar-refractivity contribution in [2.75, 3.05) is 13.1 Å². The van der Waals surface area contributed by atoms with Crippen LogP contribution in [-0.2, 0) is 26.4 Å². The van der Waals surface area contributed by atoms with Crippen LogP contribution in [0.2, 0.25) is 0 Å². The molecule has 0 aromatic rings. The standard InChI is InChI=1S/C4H6NO4.Co/c6-3(7)1-5-2-4(8)9;/h1-2H2,(H,6,7)(H,8,9);/q-1;. The quantitative estimate of drug-likeness (QED) is 0.628. The predicted molar refractivity (Wildman–Crippen MR) is 28.4 cm³/mol. The summed E-state index contributed by atoms with van der Waals surface area (Å²) in [6.45, 7) is -0.876. The van der Waals surface area contributed by atoms with E-state index in [0.29, 0.717) is 0 Å². The van der Waals surface area contributed by atoms with Crippen molar-refractivity contribution in [2.24, 2.45) is 0 Å². The number of carbonyl (C=O) groups is 2. The number of aliphatic carboxylic acids is 2. The molecule has 0 aromatic carbocycles. The van der Waals surface area contributed by atoms with Crippen molar-refractivity contribution in [1.82, 2.24) is 0 Å². The molecule has 0 aliphatic rings. The minimum absolute atomic E-state index is 0. The molecule has 61 valence electrons. The van der Waals surface area contributed by atoms with E-state index in [0.717, 1.165) is 0 Å². The van der Waals surface area contributed by atoms with E-state index in [4.69, 9.17) is 10.2 Å². The number of nitrogens with zero attached hydrogens (tertiary/aromatic N) is 1. The minimum atomic E-state index is -1.11. The summed E-state index contributed by atoms with van der Waals surface area (Å²) < 4.78 is 0. The average Bonchev–Trinajstić information content (AvgIpc) is 1.63. The summed E-state index contributed by atoms with van der Waals surface area (Å²) in [5, 5.41) is 19.1. The molecule has 2 N–H and O–H groups in total. The maximum Gasteiger partial charge on any atom is 0.282 e. The van der Waals surface area contributed by atoms with E-state index in [1.165, 1.54) is 0 Å². The average molecular weight is 191 g/mol. The monoisotopic (exact) mass is 191 g/mol. The van der Waals surface area contributed by atoms with Crippen LogP contribution in [0.3, 0.4) is 0 Å². The molecule has 0 aliphatic carbocycles. The van der Waals surface area contributed by atoms with Gasteiger partial charge in [0.05, 0.1) is 0 Å². The predicted octanol–water partition coefficient (Wildman–Crippen LogP) is -0.473. The third-order valence-corrected chi connectivity index (χ3v) is 0.494. The van der Waals surface area contributed by atoms with Gasteiger partial charge in [-0.05, 0) is 13.1 Å². The Balaban J connectivity index is 0. The smallest absolute Gasteiger partial charge is 0.282 e. The minimum Gasteiger partial charge on any atom is -0.644 e. The SMILES string of the molecule is O=C(O)C[N-]CC(=O)O.[Co]. The van der Waals surface area contributed by atoms with E-state index >= 15 is 0 Å². The third kappa shape index (κ3) is 10.4. The molecule has 0 heterocycles. The second kappa shape index (κ2) is 6.53. The molecule has 0 bridgehead atoms. The van der Waals surface area contributed by atoms with E-state index < -0.39 is 25.0 Å². The van der Waals surface area contributed by atoms with Gasteiger partial charge in [0.2, 0.25) is 0 Å². The molecule has 10 heavy (non-hydrogen) atoms. The Labute approximate surface area is 67.6 Å². The van der Waals surface area contributed by atoms with Crippen molar-refractivity contribution in [3.8, 4) is 0 Å². The van der Waals surface area contributed by atoms with Crippen LogP contribution < -0.4 is 0 Å². The molecule has 0 saturated carbocycles. The first kappa shape index (κ1) is 12.1. The van der Waals surface area contributed by atoms with Gasteiger partial charge in [0.15, 0.2) is 0 Å². The van der Waals surface area contributed by atoms with Gasteiger partial charge < -0.3 is 15.5 Å². The van der Waals surface area contributed by atoms with Crippen molar-refractivity contribution in [3.05, 3.63) is 5.32 Å². The maximum atomic E-state index is 9.69. The first-order valence-electron chi connectivity index (χ1n) is 2.20. The van der Waals surface area contributed by atoms with Crippen molar-refractivity contribution in [1.29, 1.82) is 0 Å². The van der Waals surface area contributed by atoms with Crippen LogP contribution in [-0.4, -0.2) is 35.2 Å². The van der Waals surface area contributed by atoms with Gasteiger partial charge in [-0.3, -0.25) is 9.59 Å². The topological polar surface area (TPSA) is 88.7 Å². The zero-order valence-corrected chi connectivity index (χ0v) is 5.95. The number of carboxylic acid groups (broad SMARTS) is 2. The molecule has 0 spiro atoms. The van der Waals surface area contributed by atoms with Gasteiger partial charge in [0.1, 0.15) is 0 Å². The van der Waals surface area contributed by atoms with E-state index in [-0.39, 0.29) is 16.8 Å². The Morgan fingerprint density at radius 3 is 1.60 bits per heavy atom. The van der Waals surface area contributed by atoms with Crippen molar-refractivity contribution in [3.63, 3.8) is 0 Å². The molecular formula is C4H6CoNO4-. The summed E-state index contributed by atoms with van der Waals surface area (Å²) in [5.41, 5.74) is 0. The van der Waals surface area contributed by atoms with Crippen molar-refractivity contribution in [2.45, 2.75) is 0 Å². The molecule has 0 unspecified atom stereocenters. The summed E-state index contributed by atoms with van der Waals surface area (Å²) in [6.07, 6.45) is 0. The third-order valence-electron chi connectivity index (χ3n) is 0.494.